The maximum absolute atomic E-state index is 5.89. The van der Waals surface area contributed by atoms with Crippen LogP contribution in [0.4, 0.5) is 5.82 Å². The number of anilines is 1. The normalized spacial score (nSPS) is 13.1. The number of nitrogens with two attached hydrogens (primary N) is 1. The Morgan fingerprint density at radius 2 is 2.10 bits per heavy atom. The first-order valence-electron chi connectivity index (χ1n) is 7.11. The molecule has 110 valence electrons. The third kappa shape index (κ3) is 2.24. The zero-order valence-corrected chi connectivity index (χ0v) is 12.4. The van der Waals surface area contributed by atoms with Crippen LogP contribution in [0.3, 0.4) is 0 Å². The number of fused-ring (bicyclic) bond motifs is 1. The van der Waals surface area contributed by atoms with Gasteiger partial charge in [0.25, 0.3) is 0 Å². The lowest BCUT2D eigenvalue weighted by Crippen LogP contribution is -2.08. The second-order valence-electron chi connectivity index (χ2n) is 5.38. The molecular weight excluding hydrogens is 266 g/mol. The van der Waals surface area contributed by atoms with E-state index in [2.05, 4.69) is 41.2 Å². The lowest BCUT2D eigenvalue weighted by Gasteiger charge is -2.12. The lowest BCUT2D eigenvalue weighted by molar-refractivity contribution is 0.514. The van der Waals surface area contributed by atoms with Crippen molar-refractivity contribution in [2.75, 3.05) is 5.73 Å². The highest BCUT2D eigenvalue weighted by Gasteiger charge is 2.21. The Kier molecular flexibility index (Phi) is 3.32. The molecule has 3 rings (SSSR count). The number of nitrogens with zero attached hydrogens (tertiary/aromatic N) is 6. The van der Waals surface area contributed by atoms with Gasteiger partial charge in [-0.15, -0.1) is 5.10 Å². The van der Waals surface area contributed by atoms with E-state index >= 15 is 0 Å². The molecule has 21 heavy (non-hydrogen) atoms. The summed E-state index contributed by atoms with van der Waals surface area (Å²) in [5.74, 6) is 0.617. The summed E-state index contributed by atoms with van der Waals surface area (Å²) in [6.07, 6.45) is 4.39. The maximum atomic E-state index is 5.89. The molecule has 0 aliphatic rings. The van der Waals surface area contributed by atoms with E-state index in [0.717, 1.165) is 23.3 Å². The van der Waals surface area contributed by atoms with Gasteiger partial charge in [0, 0.05) is 18.2 Å². The van der Waals surface area contributed by atoms with Crippen molar-refractivity contribution in [1.82, 2.24) is 29.6 Å². The SMILES string of the molecule is CCC(c1cn(C(C)C)nn1)c1ccc2c(N)ncnn12. The Hall–Kier alpha value is -2.44. The van der Waals surface area contributed by atoms with Gasteiger partial charge >= 0.3 is 0 Å². The monoisotopic (exact) mass is 285 g/mol. The van der Waals surface area contributed by atoms with E-state index < -0.39 is 0 Å². The van der Waals surface area contributed by atoms with Crippen LogP contribution in [0.2, 0.25) is 0 Å². The van der Waals surface area contributed by atoms with E-state index in [0.29, 0.717) is 11.9 Å². The summed E-state index contributed by atoms with van der Waals surface area (Å²) in [6.45, 7) is 6.29. The zero-order chi connectivity index (χ0) is 15.0. The van der Waals surface area contributed by atoms with Gasteiger partial charge in [0.1, 0.15) is 11.8 Å². The van der Waals surface area contributed by atoms with Crippen LogP contribution in [0.5, 0.6) is 0 Å². The summed E-state index contributed by atoms with van der Waals surface area (Å²) < 4.78 is 3.71. The Balaban J connectivity index is 2.07. The molecule has 0 bridgehead atoms. The van der Waals surface area contributed by atoms with Gasteiger partial charge in [-0.3, -0.25) is 0 Å². The van der Waals surface area contributed by atoms with E-state index in [1.165, 1.54) is 6.33 Å². The fourth-order valence-electron chi connectivity index (χ4n) is 2.51. The Morgan fingerprint density at radius 1 is 1.29 bits per heavy atom. The first-order valence-corrected chi connectivity index (χ1v) is 7.11. The van der Waals surface area contributed by atoms with Crippen molar-refractivity contribution in [3.05, 3.63) is 36.0 Å². The highest BCUT2D eigenvalue weighted by atomic mass is 15.4. The quantitative estimate of drug-likeness (QED) is 0.792. The smallest absolute Gasteiger partial charge is 0.151 e. The first-order chi connectivity index (χ1) is 10.1. The molecule has 0 spiro atoms. The molecule has 7 heteroatoms. The third-order valence-corrected chi connectivity index (χ3v) is 3.69. The molecular formula is C14H19N7. The van der Waals surface area contributed by atoms with Crippen molar-refractivity contribution in [3.8, 4) is 0 Å². The molecule has 0 aromatic carbocycles. The van der Waals surface area contributed by atoms with Crippen molar-refractivity contribution in [3.63, 3.8) is 0 Å². The third-order valence-electron chi connectivity index (χ3n) is 3.69. The van der Waals surface area contributed by atoms with E-state index in [-0.39, 0.29) is 5.92 Å². The van der Waals surface area contributed by atoms with Crippen LogP contribution >= 0.6 is 0 Å². The van der Waals surface area contributed by atoms with Gasteiger partial charge in [0.05, 0.1) is 11.4 Å². The average Bonchev–Trinajstić information content (AvgIpc) is 3.09. The van der Waals surface area contributed by atoms with E-state index in [1.807, 2.05) is 27.5 Å². The minimum absolute atomic E-state index is 0.134. The number of nitrogen functional groups attached to an aromatic ring is 1. The van der Waals surface area contributed by atoms with Gasteiger partial charge in [-0.05, 0) is 32.4 Å². The number of aromatic nitrogens is 6. The summed E-state index contributed by atoms with van der Waals surface area (Å²) in [5, 5.41) is 12.8. The lowest BCUT2D eigenvalue weighted by atomic mass is 9.99. The van der Waals surface area contributed by atoms with Gasteiger partial charge in [-0.25, -0.2) is 14.2 Å². The number of hydrogen-bond donors (Lipinski definition) is 1. The fraction of sp³-hybridized carbons (Fsp3) is 0.429. The molecule has 1 atom stereocenters. The second kappa shape index (κ2) is 5.16. The highest BCUT2D eigenvalue weighted by Crippen LogP contribution is 2.28. The molecule has 0 radical (unpaired) electrons. The van der Waals surface area contributed by atoms with Crippen LogP contribution in [0.25, 0.3) is 5.52 Å². The predicted molar refractivity (Wildman–Crippen MR) is 79.9 cm³/mol. The maximum Gasteiger partial charge on any atom is 0.151 e. The van der Waals surface area contributed by atoms with Crippen molar-refractivity contribution in [2.45, 2.75) is 39.2 Å². The molecule has 0 aliphatic carbocycles. The number of hydrogen-bond acceptors (Lipinski definition) is 5. The van der Waals surface area contributed by atoms with Gasteiger partial charge in [-0.1, -0.05) is 12.1 Å². The van der Waals surface area contributed by atoms with E-state index in [1.54, 1.807) is 0 Å². The van der Waals surface area contributed by atoms with Crippen molar-refractivity contribution in [1.29, 1.82) is 0 Å². The van der Waals surface area contributed by atoms with Crippen molar-refractivity contribution in [2.24, 2.45) is 0 Å². The fourth-order valence-corrected chi connectivity index (χ4v) is 2.51. The average molecular weight is 285 g/mol. The van der Waals surface area contributed by atoms with Crippen molar-refractivity contribution < 1.29 is 0 Å². The molecule has 0 aliphatic heterocycles. The minimum atomic E-state index is 0.134. The summed E-state index contributed by atoms with van der Waals surface area (Å²) in [7, 11) is 0. The standard InChI is InChI=1S/C14H19N7/c1-4-10(11-7-20(9(2)3)19-18-11)12-5-6-13-14(15)16-8-17-21(12)13/h5-10H,4H2,1-3H3,(H2,15,16,17). The van der Waals surface area contributed by atoms with Crippen LogP contribution in [0.15, 0.2) is 24.7 Å². The minimum Gasteiger partial charge on any atom is -0.382 e. The molecule has 1 unspecified atom stereocenters. The van der Waals surface area contributed by atoms with Crippen LogP contribution in [0.1, 0.15) is 50.5 Å². The van der Waals surface area contributed by atoms with Crippen LogP contribution < -0.4 is 5.73 Å². The molecule has 0 amide bonds. The Labute approximate surface area is 122 Å². The molecule has 0 saturated carbocycles. The molecule has 7 nitrogen and oxygen atoms in total. The number of rotatable bonds is 4. The van der Waals surface area contributed by atoms with E-state index in [4.69, 9.17) is 5.73 Å². The van der Waals surface area contributed by atoms with Gasteiger partial charge in [0.15, 0.2) is 5.82 Å². The van der Waals surface area contributed by atoms with Crippen molar-refractivity contribution >= 4 is 11.3 Å². The molecule has 3 aromatic heterocycles. The van der Waals surface area contributed by atoms with Gasteiger partial charge in [-0.2, -0.15) is 5.10 Å². The summed E-state index contributed by atoms with van der Waals surface area (Å²) >= 11 is 0. The van der Waals surface area contributed by atoms with Gasteiger partial charge in [0.2, 0.25) is 0 Å². The van der Waals surface area contributed by atoms with Gasteiger partial charge < -0.3 is 5.73 Å². The Morgan fingerprint density at radius 3 is 2.76 bits per heavy atom. The summed E-state index contributed by atoms with van der Waals surface area (Å²) in [4.78, 5) is 4.02. The predicted octanol–water partition coefficient (Wildman–Crippen LogP) is 2.03. The second-order valence-corrected chi connectivity index (χ2v) is 5.38. The van der Waals surface area contributed by atoms with Crippen LogP contribution in [0, 0.1) is 0 Å². The summed E-state index contributed by atoms with van der Waals surface area (Å²) in [6, 6.07) is 4.27. The topological polar surface area (TPSA) is 86.9 Å². The Bertz CT molecular complexity index is 756. The van der Waals surface area contributed by atoms with Crippen LogP contribution in [-0.4, -0.2) is 29.6 Å². The molecule has 3 aromatic rings. The molecule has 2 N–H and O–H groups in total. The highest BCUT2D eigenvalue weighted by molar-refractivity contribution is 5.65. The zero-order valence-electron chi connectivity index (χ0n) is 12.4. The molecule has 0 saturated heterocycles. The first kappa shape index (κ1) is 13.5. The van der Waals surface area contributed by atoms with E-state index in [9.17, 15) is 0 Å². The molecule has 3 heterocycles. The molecule has 0 fully saturated rings. The summed E-state index contributed by atoms with van der Waals surface area (Å²) in [5.41, 5.74) is 8.71. The largest absolute Gasteiger partial charge is 0.382 e. The van der Waals surface area contributed by atoms with Crippen LogP contribution in [-0.2, 0) is 0 Å².